The Kier molecular flexibility index (Phi) is 4.61. The number of nitrogens with zero attached hydrogens (tertiary/aromatic N) is 5. The van der Waals surface area contributed by atoms with E-state index >= 15 is 0 Å². The van der Waals surface area contributed by atoms with Gasteiger partial charge in [-0.1, -0.05) is 5.16 Å². The van der Waals surface area contributed by atoms with E-state index in [9.17, 15) is 14.9 Å². The summed E-state index contributed by atoms with van der Waals surface area (Å²) < 4.78 is 12.1. The molecule has 1 amide bonds. The summed E-state index contributed by atoms with van der Waals surface area (Å²) in [5.41, 5.74) is 0.561. The number of hydrogen-bond acceptors (Lipinski definition) is 8. The van der Waals surface area contributed by atoms with Gasteiger partial charge in [-0.15, -0.1) is 0 Å². The van der Waals surface area contributed by atoms with Gasteiger partial charge in [-0.2, -0.15) is 9.67 Å². The van der Waals surface area contributed by atoms with Gasteiger partial charge in [0, 0.05) is 0 Å². The van der Waals surface area contributed by atoms with Crippen molar-refractivity contribution in [2.75, 3.05) is 0 Å². The SMILES string of the molecule is Cc1cc([N+](=O)[O-])nn1Cc1noc(C(=O)NCc2ccc(Br)o2)n1. The first-order chi connectivity index (χ1) is 11.9. The van der Waals surface area contributed by atoms with Crippen molar-refractivity contribution in [2.45, 2.75) is 20.0 Å². The fourth-order valence-electron chi connectivity index (χ4n) is 1.98. The van der Waals surface area contributed by atoms with Gasteiger partial charge in [-0.25, -0.2) is 0 Å². The molecule has 0 aromatic carbocycles. The molecule has 0 saturated carbocycles. The third kappa shape index (κ3) is 3.91. The lowest BCUT2D eigenvalue weighted by atomic mass is 10.4. The highest BCUT2D eigenvalue weighted by molar-refractivity contribution is 9.10. The van der Waals surface area contributed by atoms with Gasteiger partial charge in [0.05, 0.1) is 23.4 Å². The van der Waals surface area contributed by atoms with Gasteiger partial charge >= 0.3 is 17.6 Å². The van der Waals surface area contributed by atoms with Crippen LogP contribution in [0.2, 0.25) is 0 Å². The van der Waals surface area contributed by atoms with E-state index in [4.69, 9.17) is 8.94 Å². The van der Waals surface area contributed by atoms with Crippen LogP contribution in [0.1, 0.15) is 28.0 Å². The number of halogens is 1. The number of aryl methyl sites for hydroxylation is 1. The van der Waals surface area contributed by atoms with Crippen molar-refractivity contribution in [3.8, 4) is 0 Å². The van der Waals surface area contributed by atoms with Crippen LogP contribution in [0.15, 0.2) is 31.8 Å². The molecule has 0 radical (unpaired) electrons. The molecule has 0 saturated heterocycles. The second-order valence-corrected chi connectivity index (χ2v) is 5.74. The minimum absolute atomic E-state index is 0.0432. The first-order valence-corrected chi connectivity index (χ1v) is 7.75. The molecule has 3 rings (SSSR count). The normalized spacial score (nSPS) is 10.8. The van der Waals surface area contributed by atoms with E-state index in [2.05, 4.69) is 36.5 Å². The molecule has 0 aliphatic heterocycles. The first-order valence-electron chi connectivity index (χ1n) is 6.96. The molecule has 0 aliphatic carbocycles. The number of furan rings is 1. The second-order valence-electron chi connectivity index (χ2n) is 4.96. The molecule has 11 nitrogen and oxygen atoms in total. The van der Waals surface area contributed by atoms with Gasteiger partial charge in [-0.3, -0.25) is 4.79 Å². The Morgan fingerprint density at radius 1 is 1.48 bits per heavy atom. The average molecular weight is 411 g/mol. The number of nitro groups is 1. The van der Waals surface area contributed by atoms with Crippen molar-refractivity contribution >= 4 is 27.7 Å². The molecule has 1 N–H and O–H groups in total. The van der Waals surface area contributed by atoms with Crippen LogP contribution in [0.25, 0.3) is 0 Å². The number of nitrogens with one attached hydrogen (secondary N) is 1. The monoisotopic (exact) mass is 410 g/mol. The predicted octanol–water partition coefficient (Wildman–Crippen LogP) is 1.82. The largest absolute Gasteiger partial charge is 0.452 e. The molecule has 130 valence electrons. The predicted molar refractivity (Wildman–Crippen MR) is 84.6 cm³/mol. The molecule has 25 heavy (non-hydrogen) atoms. The summed E-state index contributed by atoms with van der Waals surface area (Å²) in [6.45, 7) is 1.86. The zero-order valence-electron chi connectivity index (χ0n) is 12.8. The Hall–Kier alpha value is -3.02. The van der Waals surface area contributed by atoms with E-state index < -0.39 is 10.8 Å². The van der Waals surface area contributed by atoms with Crippen LogP contribution >= 0.6 is 15.9 Å². The lowest BCUT2D eigenvalue weighted by Gasteiger charge is -1.98. The first kappa shape index (κ1) is 16.8. The summed E-state index contributed by atoms with van der Waals surface area (Å²) in [5.74, 6) is -0.329. The molecule has 3 aromatic rings. The number of aromatic nitrogens is 4. The maximum atomic E-state index is 12.0. The summed E-state index contributed by atoms with van der Waals surface area (Å²) in [6.07, 6.45) is 0. The smallest absolute Gasteiger partial charge is 0.390 e. The van der Waals surface area contributed by atoms with E-state index in [1.165, 1.54) is 10.7 Å². The highest BCUT2D eigenvalue weighted by atomic mass is 79.9. The molecule has 0 atom stereocenters. The molecular formula is C13H11BrN6O5. The standard InChI is InChI=1S/C13H11BrN6O5/c1-7-4-11(20(22)23)17-19(7)6-10-16-13(25-18-10)12(21)15-5-8-2-3-9(14)24-8/h2-4H,5-6H2,1H3,(H,15,21). The van der Waals surface area contributed by atoms with Gasteiger partial charge in [0.2, 0.25) is 0 Å². The minimum atomic E-state index is -0.592. The number of hydrogen-bond donors (Lipinski definition) is 1. The molecule has 0 unspecified atom stereocenters. The van der Waals surface area contributed by atoms with E-state index in [1.807, 2.05) is 0 Å². The van der Waals surface area contributed by atoms with Gasteiger partial charge in [0.15, 0.2) is 10.5 Å². The lowest BCUT2D eigenvalue weighted by Crippen LogP contribution is -2.23. The number of rotatable bonds is 6. The second kappa shape index (κ2) is 6.84. The van der Waals surface area contributed by atoms with Crippen LogP contribution in [0, 0.1) is 17.0 Å². The summed E-state index contributed by atoms with van der Waals surface area (Å²) in [7, 11) is 0. The van der Waals surface area contributed by atoms with Crippen LogP contribution < -0.4 is 5.32 Å². The number of carbonyl (C=O) groups excluding carboxylic acids is 1. The van der Waals surface area contributed by atoms with Crippen LogP contribution in [-0.4, -0.2) is 30.8 Å². The van der Waals surface area contributed by atoms with Crippen molar-refractivity contribution in [1.82, 2.24) is 25.2 Å². The molecule has 0 fully saturated rings. The van der Waals surface area contributed by atoms with E-state index in [0.29, 0.717) is 16.1 Å². The molecule has 3 heterocycles. The van der Waals surface area contributed by atoms with Gasteiger partial charge in [0.25, 0.3) is 0 Å². The fourth-order valence-corrected chi connectivity index (χ4v) is 2.32. The third-order valence-corrected chi connectivity index (χ3v) is 3.59. The van der Waals surface area contributed by atoms with Crippen molar-refractivity contribution in [2.24, 2.45) is 0 Å². The van der Waals surface area contributed by atoms with Gasteiger partial charge in [-0.05, 0) is 39.9 Å². The van der Waals surface area contributed by atoms with Crippen LogP contribution in [0.3, 0.4) is 0 Å². The van der Waals surface area contributed by atoms with E-state index in [-0.39, 0.29) is 30.6 Å². The average Bonchev–Trinajstić information content (AvgIpc) is 3.27. The Labute approximate surface area is 148 Å². The topological polar surface area (TPSA) is 142 Å². The lowest BCUT2D eigenvalue weighted by molar-refractivity contribution is -0.389. The Morgan fingerprint density at radius 3 is 2.92 bits per heavy atom. The van der Waals surface area contributed by atoms with Crippen LogP contribution in [0.4, 0.5) is 5.82 Å². The number of amides is 1. The molecule has 3 aromatic heterocycles. The maximum absolute atomic E-state index is 12.0. The minimum Gasteiger partial charge on any atom is -0.452 e. The zero-order chi connectivity index (χ0) is 18.0. The van der Waals surface area contributed by atoms with Crippen LogP contribution in [-0.2, 0) is 13.1 Å². The number of carbonyl (C=O) groups is 1. The molecular weight excluding hydrogens is 400 g/mol. The third-order valence-electron chi connectivity index (χ3n) is 3.16. The zero-order valence-corrected chi connectivity index (χ0v) is 14.4. The van der Waals surface area contributed by atoms with Gasteiger partial charge < -0.3 is 24.4 Å². The molecule has 0 bridgehead atoms. The summed E-state index contributed by atoms with van der Waals surface area (Å²) in [4.78, 5) is 26.1. The maximum Gasteiger partial charge on any atom is 0.390 e. The van der Waals surface area contributed by atoms with E-state index in [1.54, 1.807) is 19.1 Å². The van der Waals surface area contributed by atoms with Crippen molar-refractivity contribution in [3.63, 3.8) is 0 Å². The quantitative estimate of drug-likeness (QED) is 0.478. The molecule has 0 aliphatic rings. The Balaban J connectivity index is 1.63. The highest BCUT2D eigenvalue weighted by Gasteiger charge is 2.20. The summed E-state index contributed by atoms with van der Waals surface area (Å²) in [5, 5.41) is 20.8. The molecule has 12 heteroatoms. The Morgan fingerprint density at radius 2 is 2.28 bits per heavy atom. The van der Waals surface area contributed by atoms with Crippen molar-refractivity contribution in [3.05, 3.63) is 56.2 Å². The Bertz CT molecular complexity index is 929. The molecule has 0 spiro atoms. The van der Waals surface area contributed by atoms with Crippen molar-refractivity contribution < 1.29 is 18.7 Å². The summed E-state index contributed by atoms with van der Waals surface area (Å²) >= 11 is 3.16. The summed E-state index contributed by atoms with van der Waals surface area (Å²) in [6, 6.07) is 4.74. The van der Waals surface area contributed by atoms with E-state index in [0.717, 1.165) is 0 Å². The van der Waals surface area contributed by atoms with Gasteiger partial charge in [0.1, 0.15) is 12.3 Å². The van der Waals surface area contributed by atoms with Crippen LogP contribution in [0.5, 0.6) is 0 Å². The highest BCUT2D eigenvalue weighted by Crippen LogP contribution is 2.14. The van der Waals surface area contributed by atoms with Crippen molar-refractivity contribution in [1.29, 1.82) is 0 Å². The fraction of sp³-hybridized carbons (Fsp3) is 0.231.